The molecule has 2 bridgehead atoms. The molecule has 1 spiro atoms. The third kappa shape index (κ3) is 1.73. The number of rotatable bonds is 1. The van der Waals surface area contributed by atoms with Crippen molar-refractivity contribution in [3.63, 3.8) is 0 Å². The lowest BCUT2D eigenvalue weighted by molar-refractivity contribution is -0.136. The standard InChI is InChI=1S/C18H20O3.CH5N/c1-20-14-7-4-11-9-10-3-2-8-18-12(10)5-6-13(19)17(18)21-16(14)15(11)18;1-2/h4,7,10,12,17H,2-3,5-6,8-9H2,1H3;2H2,1H3/t10?,12?,17-,18-;/m1./s1. The molecule has 0 radical (unpaired) electrons. The van der Waals surface area contributed by atoms with Crippen molar-refractivity contribution in [2.75, 3.05) is 14.2 Å². The van der Waals surface area contributed by atoms with Gasteiger partial charge in [0.1, 0.15) is 0 Å². The topological polar surface area (TPSA) is 61.6 Å². The number of carbonyl (C=O) groups excluding carboxylic acids is 1. The molecule has 2 fully saturated rings. The van der Waals surface area contributed by atoms with Crippen LogP contribution in [-0.2, 0) is 16.6 Å². The Kier molecular flexibility index (Phi) is 3.41. The summed E-state index contributed by atoms with van der Waals surface area (Å²) in [5.74, 6) is 3.35. The number of benzene rings is 1. The van der Waals surface area contributed by atoms with Crippen LogP contribution in [0.1, 0.15) is 43.2 Å². The van der Waals surface area contributed by atoms with E-state index in [0.29, 0.717) is 18.1 Å². The summed E-state index contributed by atoms with van der Waals surface area (Å²) in [5.41, 5.74) is 7.21. The fourth-order valence-electron chi connectivity index (χ4n) is 5.82. The molecule has 1 aromatic carbocycles. The van der Waals surface area contributed by atoms with Crippen molar-refractivity contribution in [1.29, 1.82) is 0 Å². The first kappa shape index (κ1) is 15.0. The van der Waals surface area contributed by atoms with Crippen LogP contribution in [0, 0.1) is 11.8 Å². The molecule has 5 rings (SSSR count). The Bertz CT molecular complexity index is 656. The van der Waals surface area contributed by atoms with E-state index < -0.39 is 0 Å². The second-order valence-corrected chi connectivity index (χ2v) is 7.14. The first-order valence-corrected chi connectivity index (χ1v) is 8.73. The summed E-state index contributed by atoms with van der Waals surface area (Å²) in [7, 11) is 3.19. The fourth-order valence-corrected chi connectivity index (χ4v) is 5.82. The number of Topliss-reactive ketones (excluding diaryl/α,β-unsaturated/α-hetero) is 1. The quantitative estimate of drug-likeness (QED) is 0.865. The lowest BCUT2D eigenvalue weighted by atomic mass is 9.48. The zero-order chi connectivity index (χ0) is 16.2. The van der Waals surface area contributed by atoms with Crippen molar-refractivity contribution in [3.8, 4) is 11.5 Å². The maximum absolute atomic E-state index is 12.6. The second kappa shape index (κ2) is 5.23. The molecular weight excluding hydrogens is 290 g/mol. The van der Waals surface area contributed by atoms with Gasteiger partial charge in [0.25, 0.3) is 0 Å². The summed E-state index contributed by atoms with van der Waals surface area (Å²) in [6.45, 7) is 0. The van der Waals surface area contributed by atoms with E-state index in [1.807, 2.05) is 6.07 Å². The molecule has 4 atom stereocenters. The van der Waals surface area contributed by atoms with Gasteiger partial charge in [0.05, 0.1) is 7.11 Å². The van der Waals surface area contributed by atoms with Gasteiger partial charge in [-0.2, -0.15) is 0 Å². The van der Waals surface area contributed by atoms with Crippen LogP contribution in [0.15, 0.2) is 12.1 Å². The summed E-state index contributed by atoms with van der Waals surface area (Å²) in [4.78, 5) is 12.6. The Labute approximate surface area is 137 Å². The van der Waals surface area contributed by atoms with E-state index >= 15 is 0 Å². The van der Waals surface area contributed by atoms with Crippen molar-refractivity contribution in [2.45, 2.75) is 50.0 Å². The lowest BCUT2D eigenvalue weighted by Gasteiger charge is -2.54. The minimum atomic E-state index is -0.246. The van der Waals surface area contributed by atoms with E-state index in [2.05, 4.69) is 11.8 Å². The van der Waals surface area contributed by atoms with Crippen molar-refractivity contribution < 1.29 is 14.3 Å². The van der Waals surface area contributed by atoms with E-state index in [-0.39, 0.29) is 11.5 Å². The van der Waals surface area contributed by atoms with Crippen LogP contribution in [-0.4, -0.2) is 26.0 Å². The van der Waals surface area contributed by atoms with Crippen molar-refractivity contribution in [2.24, 2.45) is 17.6 Å². The molecule has 124 valence electrons. The molecule has 1 heterocycles. The number of nitrogens with two attached hydrogens (primary N) is 1. The van der Waals surface area contributed by atoms with Crippen molar-refractivity contribution in [3.05, 3.63) is 23.3 Å². The number of hydrogen-bond acceptors (Lipinski definition) is 4. The minimum absolute atomic E-state index is 0.0320. The molecule has 4 heteroatoms. The maximum Gasteiger partial charge on any atom is 0.174 e. The fraction of sp³-hybridized carbons (Fsp3) is 0.632. The summed E-state index contributed by atoms with van der Waals surface area (Å²) >= 11 is 0. The van der Waals surface area contributed by atoms with Gasteiger partial charge in [0, 0.05) is 17.4 Å². The van der Waals surface area contributed by atoms with Crippen LogP contribution in [0.25, 0.3) is 0 Å². The van der Waals surface area contributed by atoms with Crippen molar-refractivity contribution >= 4 is 5.78 Å². The van der Waals surface area contributed by atoms with Gasteiger partial charge in [0.2, 0.25) is 0 Å². The molecule has 2 N–H and O–H groups in total. The number of hydrogen-bond donors (Lipinski definition) is 1. The van der Waals surface area contributed by atoms with E-state index in [1.165, 1.54) is 31.0 Å². The third-order valence-corrected chi connectivity index (χ3v) is 6.47. The average molecular weight is 315 g/mol. The van der Waals surface area contributed by atoms with Gasteiger partial charge < -0.3 is 15.2 Å². The highest BCUT2D eigenvalue weighted by atomic mass is 16.5. The molecule has 2 saturated carbocycles. The number of carbonyl (C=O) groups is 1. The molecular formula is C19H25NO3. The van der Waals surface area contributed by atoms with E-state index in [9.17, 15) is 4.79 Å². The van der Waals surface area contributed by atoms with E-state index in [1.54, 1.807) is 7.11 Å². The summed E-state index contributed by atoms with van der Waals surface area (Å²) in [6, 6.07) is 4.22. The lowest BCUT2D eigenvalue weighted by Crippen LogP contribution is -2.58. The smallest absolute Gasteiger partial charge is 0.174 e. The van der Waals surface area contributed by atoms with Gasteiger partial charge in [-0.25, -0.2) is 0 Å². The van der Waals surface area contributed by atoms with Crippen LogP contribution in [0.5, 0.6) is 11.5 Å². The second-order valence-electron chi connectivity index (χ2n) is 7.14. The molecule has 2 unspecified atom stereocenters. The van der Waals surface area contributed by atoms with Gasteiger partial charge in [-0.05, 0) is 56.2 Å². The molecule has 4 nitrogen and oxygen atoms in total. The van der Waals surface area contributed by atoms with Crippen LogP contribution in [0.3, 0.4) is 0 Å². The number of methoxy groups -OCH3 is 1. The highest BCUT2D eigenvalue weighted by Crippen LogP contribution is 2.65. The minimum Gasteiger partial charge on any atom is -0.493 e. The van der Waals surface area contributed by atoms with Gasteiger partial charge >= 0.3 is 0 Å². The molecule has 4 aliphatic rings. The van der Waals surface area contributed by atoms with E-state index in [4.69, 9.17) is 9.47 Å². The molecule has 0 saturated heterocycles. The average Bonchev–Trinajstić information content (AvgIpc) is 2.92. The van der Waals surface area contributed by atoms with Gasteiger partial charge in [-0.1, -0.05) is 12.5 Å². The molecule has 23 heavy (non-hydrogen) atoms. The van der Waals surface area contributed by atoms with Gasteiger partial charge in [-0.15, -0.1) is 0 Å². The third-order valence-electron chi connectivity index (χ3n) is 6.47. The number of ether oxygens (including phenoxy) is 2. The monoisotopic (exact) mass is 315 g/mol. The van der Waals surface area contributed by atoms with Gasteiger partial charge in [0.15, 0.2) is 23.4 Å². The zero-order valence-electron chi connectivity index (χ0n) is 13.9. The molecule has 0 aromatic heterocycles. The summed E-state index contributed by atoms with van der Waals surface area (Å²) < 4.78 is 11.7. The SMILES string of the molecule is CN.COc1ccc2c3c1O[C@@H]1C(=O)CCC4C(CCC[C@]341)C2. The maximum atomic E-state index is 12.6. The Morgan fingerprint density at radius 3 is 2.91 bits per heavy atom. The zero-order valence-corrected chi connectivity index (χ0v) is 13.9. The summed E-state index contributed by atoms with van der Waals surface area (Å²) in [6.07, 6.45) is 6.31. The summed E-state index contributed by atoms with van der Waals surface area (Å²) in [5, 5.41) is 0. The van der Waals surface area contributed by atoms with Gasteiger partial charge in [-0.3, -0.25) is 4.79 Å². The molecule has 0 amide bonds. The van der Waals surface area contributed by atoms with Crippen LogP contribution < -0.4 is 15.2 Å². The van der Waals surface area contributed by atoms with Crippen molar-refractivity contribution in [1.82, 2.24) is 0 Å². The Morgan fingerprint density at radius 1 is 1.30 bits per heavy atom. The van der Waals surface area contributed by atoms with Crippen LogP contribution >= 0.6 is 0 Å². The first-order chi connectivity index (χ1) is 11.3. The predicted molar refractivity (Wildman–Crippen MR) is 88.0 cm³/mol. The predicted octanol–water partition coefficient (Wildman–Crippen LogP) is 2.60. The first-order valence-electron chi connectivity index (χ1n) is 8.73. The molecule has 1 aromatic rings. The molecule has 3 aliphatic carbocycles. The largest absolute Gasteiger partial charge is 0.493 e. The molecule has 1 aliphatic heterocycles. The van der Waals surface area contributed by atoms with Crippen LogP contribution in [0.2, 0.25) is 0 Å². The highest BCUT2D eigenvalue weighted by molar-refractivity contribution is 5.89. The Hall–Kier alpha value is -1.55. The Balaban J connectivity index is 0.000000652. The normalized spacial score (nSPS) is 35.6. The van der Waals surface area contributed by atoms with E-state index in [0.717, 1.165) is 36.7 Å². The highest BCUT2D eigenvalue weighted by Gasteiger charge is 2.64. The number of ketones is 1. The Morgan fingerprint density at radius 2 is 2.13 bits per heavy atom. The van der Waals surface area contributed by atoms with Crippen LogP contribution in [0.4, 0.5) is 0 Å².